The Kier molecular flexibility index (Phi) is 3.99. The van der Waals surface area contributed by atoms with Gasteiger partial charge in [0.1, 0.15) is 5.60 Å². The lowest BCUT2D eigenvalue weighted by Gasteiger charge is -2.29. The third-order valence-electron chi connectivity index (χ3n) is 3.62. The first-order valence-corrected chi connectivity index (χ1v) is 7.88. The van der Waals surface area contributed by atoms with Crippen molar-refractivity contribution in [2.24, 2.45) is 0 Å². The fraction of sp³-hybridized carbons (Fsp3) is 0.316. The number of anilines is 2. The molecule has 4 heteroatoms. The van der Waals surface area contributed by atoms with Gasteiger partial charge in [-0.1, -0.05) is 24.3 Å². The van der Waals surface area contributed by atoms with Crippen molar-refractivity contribution < 1.29 is 9.53 Å². The van der Waals surface area contributed by atoms with Crippen LogP contribution >= 0.6 is 0 Å². The summed E-state index contributed by atoms with van der Waals surface area (Å²) in [4.78, 5) is 12.6. The predicted octanol–water partition coefficient (Wildman–Crippen LogP) is 4.55. The summed E-state index contributed by atoms with van der Waals surface area (Å²) in [6.07, 6.45) is 1.51. The average Bonchev–Trinajstić information content (AvgIpc) is 2.49. The first-order chi connectivity index (χ1) is 10.9. The zero-order chi connectivity index (χ0) is 16.4. The van der Waals surface area contributed by atoms with E-state index in [0.29, 0.717) is 0 Å². The molecule has 0 aliphatic carbocycles. The highest BCUT2D eigenvalue weighted by molar-refractivity contribution is 5.90. The van der Waals surface area contributed by atoms with Crippen LogP contribution in [-0.4, -0.2) is 11.7 Å². The number of amides is 1. The minimum absolute atomic E-state index is 0.416. The van der Waals surface area contributed by atoms with E-state index in [-0.39, 0.29) is 0 Å². The molecule has 3 rings (SSSR count). The van der Waals surface area contributed by atoms with Crippen LogP contribution in [0.15, 0.2) is 48.5 Å². The Morgan fingerprint density at radius 1 is 1.04 bits per heavy atom. The van der Waals surface area contributed by atoms with Crippen molar-refractivity contribution in [1.82, 2.24) is 0 Å². The molecule has 2 aromatic rings. The molecule has 0 saturated carbocycles. The lowest BCUT2D eigenvalue weighted by Crippen LogP contribution is -2.40. The number of ether oxygens (including phenoxy) is 1. The lowest BCUT2D eigenvalue weighted by atomic mass is 10.0. The smallest absolute Gasteiger partial charge is 0.433 e. The summed E-state index contributed by atoms with van der Waals surface area (Å²) in [5, 5.41) is 1.47. The summed E-state index contributed by atoms with van der Waals surface area (Å²) >= 11 is 0. The van der Waals surface area contributed by atoms with Crippen LogP contribution < -0.4 is 10.4 Å². The number of nitrogens with one attached hydrogen (secondary N) is 1. The second-order valence-corrected chi connectivity index (χ2v) is 6.80. The van der Waals surface area contributed by atoms with E-state index >= 15 is 0 Å². The van der Waals surface area contributed by atoms with Gasteiger partial charge in [-0.05, 0) is 69.0 Å². The van der Waals surface area contributed by atoms with Gasteiger partial charge in [-0.25, -0.2) is 4.79 Å². The average molecular weight is 310 g/mol. The molecule has 4 nitrogen and oxygen atoms in total. The fourth-order valence-electron chi connectivity index (χ4n) is 2.59. The van der Waals surface area contributed by atoms with Gasteiger partial charge >= 0.3 is 6.09 Å². The molecule has 1 amide bonds. The largest absolute Gasteiger partial charge is 0.442 e. The molecule has 120 valence electrons. The number of carbonyl (C=O) groups excluding carboxylic acids is 1. The van der Waals surface area contributed by atoms with Gasteiger partial charge in [-0.3, -0.25) is 5.43 Å². The van der Waals surface area contributed by atoms with Crippen molar-refractivity contribution in [2.75, 3.05) is 10.4 Å². The van der Waals surface area contributed by atoms with E-state index in [4.69, 9.17) is 4.74 Å². The molecular weight excluding hydrogens is 288 g/mol. The Balaban J connectivity index is 2.00. The van der Waals surface area contributed by atoms with Gasteiger partial charge in [0.25, 0.3) is 0 Å². The van der Waals surface area contributed by atoms with Crippen LogP contribution in [0.3, 0.4) is 0 Å². The van der Waals surface area contributed by atoms with Crippen molar-refractivity contribution >= 4 is 17.5 Å². The van der Waals surface area contributed by atoms with Crippen LogP contribution in [-0.2, 0) is 17.6 Å². The summed E-state index contributed by atoms with van der Waals surface area (Å²) in [6, 6.07) is 16.1. The lowest BCUT2D eigenvalue weighted by molar-refractivity contribution is 0.0589. The fourth-order valence-corrected chi connectivity index (χ4v) is 2.59. The van der Waals surface area contributed by atoms with Crippen molar-refractivity contribution in [3.05, 3.63) is 59.7 Å². The van der Waals surface area contributed by atoms with Gasteiger partial charge in [-0.15, -0.1) is 0 Å². The first kappa shape index (κ1) is 15.4. The van der Waals surface area contributed by atoms with Crippen molar-refractivity contribution in [1.29, 1.82) is 0 Å². The Morgan fingerprint density at radius 3 is 2.39 bits per heavy atom. The van der Waals surface area contributed by atoms with E-state index in [0.717, 1.165) is 24.2 Å². The van der Waals surface area contributed by atoms with Gasteiger partial charge in [-0.2, -0.15) is 5.01 Å². The molecule has 0 saturated heterocycles. The minimum Gasteiger partial charge on any atom is -0.442 e. The van der Waals surface area contributed by atoms with Crippen molar-refractivity contribution in [3.8, 4) is 0 Å². The summed E-state index contributed by atoms with van der Waals surface area (Å²) in [5.41, 5.74) is 6.73. The molecule has 1 aliphatic heterocycles. The number of rotatable bonds is 0. The van der Waals surface area contributed by atoms with E-state index < -0.39 is 11.7 Å². The minimum atomic E-state index is -0.548. The van der Waals surface area contributed by atoms with Crippen LogP contribution in [0.25, 0.3) is 0 Å². The highest BCUT2D eigenvalue weighted by Crippen LogP contribution is 2.24. The number of aryl methyl sites for hydroxylation is 2. The number of benzene rings is 2. The number of fused-ring (bicyclic) bond motifs is 4. The molecule has 2 aromatic carbocycles. The number of hydrogen-bond donors (Lipinski definition) is 1. The number of hydrazine groups is 1. The Hall–Kier alpha value is -2.49. The summed E-state index contributed by atoms with van der Waals surface area (Å²) < 4.78 is 5.54. The predicted molar refractivity (Wildman–Crippen MR) is 92.6 cm³/mol. The molecule has 23 heavy (non-hydrogen) atoms. The molecule has 0 aromatic heterocycles. The van der Waals surface area contributed by atoms with Crippen LogP contribution in [0.5, 0.6) is 0 Å². The Bertz CT molecular complexity index is 719. The molecule has 1 heterocycles. The Labute approximate surface area is 137 Å². The quantitative estimate of drug-likeness (QED) is 0.776. The highest BCUT2D eigenvalue weighted by Gasteiger charge is 2.24. The maximum Gasteiger partial charge on any atom is 0.433 e. The van der Waals surface area contributed by atoms with E-state index in [1.807, 2.05) is 51.1 Å². The van der Waals surface area contributed by atoms with Gasteiger partial charge in [0.15, 0.2) is 0 Å². The van der Waals surface area contributed by atoms with Crippen molar-refractivity contribution in [3.63, 3.8) is 0 Å². The van der Waals surface area contributed by atoms with Crippen LogP contribution in [0.1, 0.15) is 31.9 Å². The SMILES string of the molecule is CC(C)(C)OC(=O)N1Nc2cccc(c2)CCc2cccc1c2. The third-order valence-corrected chi connectivity index (χ3v) is 3.62. The second kappa shape index (κ2) is 5.95. The van der Waals surface area contributed by atoms with Gasteiger partial charge in [0.2, 0.25) is 0 Å². The number of carbonyl (C=O) groups is 1. The molecular formula is C19H22N2O2. The molecule has 4 bridgehead atoms. The zero-order valence-electron chi connectivity index (χ0n) is 13.8. The molecule has 0 fully saturated rings. The van der Waals surface area contributed by atoms with E-state index in [2.05, 4.69) is 23.6 Å². The van der Waals surface area contributed by atoms with Crippen LogP contribution in [0.2, 0.25) is 0 Å². The zero-order valence-corrected chi connectivity index (χ0v) is 13.8. The summed E-state index contributed by atoms with van der Waals surface area (Å²) in [7, 11) is 0. The van der Waals surface area contributed by atoms with Gasteiger partial charge in [0.05, 0.1) is 11.4 Å². The van der Waals surface area contributed by atoms with Gasteiger partial charge < -0.3 is 4.74 Å². The number of hydrogen-bond acceptors (Lipinski definition) is 3. The second-order valence-electron chi connectivity index (χ2n) is 6.80. The molecule has 0 unspecified atom stereocenters. The maximum absolute atomic E-state index is 12.6. The maximum atomic E-state index is 12.6. The van der Waals surface area contributed by atoms with Crippen LogP contribution in [0.4, 0.5) is 16.2 Å². The standard InChI is InChI=1S/C19H22N2O2/c1-19(2,3)23-18(22)21-17-9-5-7-15(13-17)11-10-14-6-4-8-16(12-14)20-21/h4-9,12-13,20H,10-11H2,1-3H3. The summed E-state index contributed by atoms with van der Waals surface area (Å²) in [6.45, 7) is 5.59. The van der Waals surface area contributed by atoms with E-state index in [1.54, 1.807) is 0 Å². The van der Waals surface area contributed by atoms with E-state index in [9.17, 15) is 4.79 Å². The van der Waals surface area contributed by atoms with Crippen LogP contribution in [0, 0.1) is 0 Å². The molecule has 1 aliphatic rings. The topological polar surface area (TPSA) is 41.6 Å². The normalized spacial score (nSPS) is 14.0. The van der Waals surface area contributed by atoms with Gasteiger partial charge in [0, 0.05) is 0 Å². The molecule has 0 radical (unpaired) electrons. The summed E-state index contributed by atoms with van der Waals surface area (Å²) in [5.74, 6) is 0. The molecule has 1 N–H and O–H groups in total. The van der Waals surface area contributed by atoms with E-state index in [1.165, 1.54) is 16.1 Å². The third kappa shape index (κ3) is 3.83. The monoisotopic (exact) mass is 310 g/mol. The Morgan fingerprint density at radius 2 is 1.70 bits per heavy atom. The number of nitrogens with zero attached hydrogens (tertiary/aromatic N) is 1. The molecule has 0 atom stereocenters. The first-order valence-electron chi connectivity index (χ1n) is 7.88. The van der Waals surface area contributed by atoms with Crippen molar-refractivity contribution in [2.45, 2.75) is 39.2 Å². The highest BCUT2D eigenvalue weighted by atomic mass is 16.6. The molecule has 0 spiro atoms.